The molecule has 0 fully saturated rings. The average Bonchev–Trinajstić information content (AvgIpc) is 2.96. The Balaban J connectivity index is 2.01. The molecule has 0 unspecified atom stereocenters. The van der Waals surface area contributed by atoms with E-state index in [1.54, 1.807) is 19.5 Å². The second kappa shape index (κ2) is 5.49. The van der Waals surface area contributed by atoms with Gasteiger partial charge in [-0.05, 0) is 6.92 Å². The maximum atomic E-state index is 5.00. The molecule has 6 heteroatoms. The maximum Gasteiger partial charge on any atom is 0.207 e. The van der Waals surface area contributed by atoms with Gasteiger partial charge in [0, 0.05) is 32.2 Å². The van der Waals surface area contributed by atoms with E-state index in [1.165, 1.54) is 0 Å². The summed E-state index contributed by atoms with van der Waals surface area (Å²) in [6.45, 7) is 4.38. The number of nitrogens with zero attached hydrogens (tertiary/aromatic N) is 4. The lowest BCUT2D eigenvalue weighted by molar-refractivity contribution is 0.183. The molecule has 0 saturated heterocycles. The molecule has 0 atom stereocenters. The molecule has 0 aliphatic carbocycles. The first-order chi connectivity index (χ1) is 8.33. The first kappa shape index (κ1) is 11.7. The number of aryl methyl sites for hydroxylation is 1. The highest BCUT2D eigenvalue weighted by Gasteiger charge is 2.03. The molecule has 0 amide bonds. The summed E-state index contributed by atoms with van der Waals surface area (Å²) in [7, 11) is 1.68. The molecular weight excluding hydrogens is 218 g/mol. The lowest BCUT2D eigenvalue weighted by Gasteiger charge is -2.05. The van der Waals surface area contributed by atoms with Gasteiger partial charge >= 0.3 is 0 Å². The van der Waals surface area contributed by atoms with E-state index in [4.69, 9.17) is 4.74 Å². The SMILES string of the molecule is CCn1ccnc1Nc1cnn(CCOC)c1. The highest BCUT2D eigenvalue weighted by atomic mass is 16.5. The molecule has 92 valence electrons. The van der Waals surface area contributed by atoms with Crippen LogP contribution in [-0.2, 0) is 17.8 Å². The van der Waals surface area contributed by atoms with Crippen LogP contribution in [0.1, 0.15) is 6.92 Å². The Labute approximate surface area is 100 Å². The van der Waals surface area contributed by atoms with Crippen LogP contribution in [0, 0.1) is 0 Å². The van der Waals surface area contributed by atoms with Gasteiger partial charge in [0.15, 0.2) is 0 Å². The Morgan fingerprint density at radius 3 is 3.12 bits per heavy atom. The van der Waals surface area contributed by atoms with Gasteiger partial charge in [-0.1, -0.05) is 0 Å². The van der Waals surface area contributed by atoms with Crippen LogP contribution < -0.4 is 5.32 Å². The number of hydrogen-bond donors (Lipinski definition) is 1. The van der Waals surface area contributed by atoms with Gasteiger partial charge in [0.1, 0.15) is 0 Å². The zero-order valence-corrected chi connectivity index (χ0v) is 10.1. The number of imidazole rings is 1. The minimum atomic E-state index is 0.657. The van der Waals surface area contributed by atoms with Crippen LogP contribution >= 0.6 is 0 Å². The summed E-state index contributed by atoms with van der Waals surface area (Å²) in [6.07, 6.45) is 7.44. The van der Waals surface area contributed by atoms with Crippen molar-refractivity contribution in [3.8, 4) is 0 Å². The summed E-state index contributed by atoms with van der Waals surface area (Å²) in [5.41, 5.74) is 0.932. The van der Waals surface area contributed by atoms with Crippen LogP contribution in [-0.4, -0.2) is 33.0 Å². The lowest BCUT2D eigenvalue weighted by atomic mass is 10.5. The minimum absolute atomic E-state index is 0.657. The van der Waals surface area contributed by atoms with Crippen molar-refractivity contribution in [3.05, 3.63) is 24.8 Å². The Hall–Kier alpha value is -1.82. The summed E-state index contributed by atoms with van der Waals surface area (Å²) in [6, 6.07) is 0. The van der Waals surface area contributed by atoms with Crippen LogP contribution in [0.15, 0.2) is 24.8 Å². The molecule has 2 aromatic rings. The fourth-order valence-electron chi connectivity index (χ4n) is 1.55. The fraction of sp³-hybridized carbons (Fsp3) is 0.455. The van der Waals surface area contributed by atoms with E-state index in [0.717, 1.165) is 24.7 Å². The Morgan fingerprint density at radius 2 is 2.35 bits per heavy atom. The fourth-order valence-corrected chi connectivity index (χ4v) is 1.55. The monoisotopic (exact) mass is 235 g/mol. The third kappa shape index (κ3) is 2.85. The molecule has 0 aliphatic heterocycles. The molecule has 0 aliphatic rings. The second-order valence-corrected chi connectivity index (χ2v) is 3.65. The predicted molar refractivity (Wildman–Crippen MR) is 65.3 cm³/mol. The number of rotatable bonds is 6. The summed E-state index contributed by atoms with van der Waals surface area (Å²) in [5, 5.41) is 7.45. The molecule has 6 nitrogen and oxygen atoms in total. The Bertz CT molecular complexity index is 462. The third-order valence-electron chi connectivity index (χ3n) is 2.47. The highest BCUT2D eigenvalue weighted by molar-refractivity contribution is 5.50. The molecule has 0 saturated carbocycles. The van der Waals surface area contributed by atoms with Gasteiger partial charge in [0.25, 0.3) is 0 Å². The average molecular weight is 235 g/mol. The normalized spacial score (nSPS) is 10.7. The molecular formula is C11H17N5O. The summed E-state index contributed by atoms with van der Waals surface area (Å²) >= 11 is 0. The molecule has 2 heterocycles. The zero-order chi connectivity index (χ0) is 12.1. The van der Waals surface area contributed by atoms with Crippen molar-refractivity contribution in [1.29, 1.82) is 0 Å². The Kier molecular flexibility index (Phi) is 3.77. The summed E-state index contributed by atoms with van der Waals surface area (Å²) in [4.78, 5) is 4.24. The zero-order valence-electron chi connectivity index (χ0n) is 10.1. The topological polar surface area (TPSA) is 56.9 Å². The van der Waals surface area contributed by atoms with Crippen LogP contribution in [0.4, 0.5) is 11.6 Å². The predicted octanol–water partition coefficient (Wildman–Crippen LogP) is 1.49. The number of anilines is 2. The highest BCUT2D eigenvalue weighted by Crippen LogP contribution is 2.13. The van der Waals surface area contributed by atoms with E-state index in [0.29, 0.717) is 6.61 Å². The third-order valence-corrected chi connectivity index (χ3v) is 2.47. The first-order valence-electron chi connectivity index (χ1n) is 5.63. The van der Waals surface area contributed by atoms with E-state index < -0.39 is 0 Å². The van der Waals surface area contributed by atoms with Crippen molar-refractivity contribution in [2.24, 2.45) is 0 Å². The van der Waals surface area contributed by atoms with Crippen LogP contribution in [0.2, 0.25) is 0 Å². The van der Waals surface area contributed by atoms with Gasteiger partial charge in [-0.15, -0.1) is 0 Å². The van der Waals surface area contributed by atoms with E-state index in [1.807, 2.05) is 21.6 Å². The molecule has 17 heavy (non-hydrogen) atoms. The number of aromatic nitrogens is 4. The van der Waals surface area contributed by atoms with E-state index in [-0.39, 0.29) is 0 Å². The number of ether oxygens (including phenoxy) is 1. The van der Waals surface area contributed by atoms with Crippen molar-refractivity contribution in [1.82, 2.24) is 19.3 Å². The van der Waals surface area contributed by atoms with Crippen LogP contribution in [0.3, 0.4) is 0 Å². The van der Waals surface area contributed by atoms with E-state index in [2.05, 4.69) is 22.3 Å². The minimum Gasteiger partial charge on any atom is -0.383 e. The van der Waals surface area contributed by atoms with Gasteiger partial charge in [0.05, 0.1) is 25.0 Å². The second-order valence-electron chi connectivity index (χ2n) is 3.65. The van der Waals surface area contributed by atoms with Gasteiger partial charge in [-0.3, -0.25) is 4.68 Å². The molecule has 2 rings (SSSR count). The molecule has 0 spiro atoms. The van der Waals surface area contributed by atoms with Crippen LogP contribution in [0.25, 0.3) is 0 Å². The number of nitrogens with one attached hydrogen (secondary N) is 1. The van der Waals surface area contributed by atoms with Crippen molar-refractivity contribution >= 4 is 11.6 Å². The van der Waals surface area contributed by atoms with Crippen LogP contribution in [0.5, 0.6) is 0 Å². The molecule has 0 radical (unpaired) electrons. The van der Waals surface area contributed by atoms with E-state index >= 15 is 0 Å². The smallest absolute Gasteiger partial charge is 0.207 e. The molecule has 2 aromatic heterocycles. The van der Waals surface area contributed by atoms with Gasteiger partial charge in [0.2, 0.25) is 5.95 Å². The van der Waals surface area contributed by atoms with Gasteiger partial charge in [-0.2, -0.15) is 5.10 Å². The number of hydrogen-bond acceptors (Lipinski definition) is 4. The molecule has 0 bridgehead atoms. The van der Waals surface area contributed by atoms with Gasteiger partial charge < -0.3 is 14.6 Å². The standard InChI is InChI=1S/C11H17N5O/c1-3-15-5-4-12-11(15)14-10-8-13-16(9-10)6-7-17-2/h4-5,8-9H,3,6-7H2,1-2H3,(H,12,14). The van der Waals surface area contributed by atoms with E-state index in [9.17, 15) is 0 Å². The quantitative estimate of drug-likeness (QED) is 0.824. The maximum absolute atomic E-state index is 5.00. The van der Waals surface area contributed by atoms with Crippen molar-refractivity contribution in [2.45, 2.75) is 20.0 Å². The summed E-state index contributed by atoms with van der Waals surface area (Å²) in [5.74, 6) is 0.832. The largest absolute Gasteiger partial charge is 0.383 e. The van der Waals surface area contributed by atoms with Crippen molar-refractivity contribution < 1.29 is 4.74 Å². The molecule has 0 aromatic carbocycles. The van der Waals surface area contributed by atoms with Crippen molar-refractivity contribution in [3.63, 3.8) is 0 Å². The van der Waals surface area contributed by atoms with Crippen molar-refractivity contribution in [2.75, 3.05) is 19.0 Å². The Morgan fingerprint density at radius 1 is 1.47 bits per heavy atom. The summed E-state index contributed by atoms with van der Waals surface area (Å²) < 4.78 is 8.87. The molecule has 1 N–H and O–H groups in total. The van der Waals surface area contributed by atoms with Gasteiger partial charge in [-0.25, -0.2) is 4.98 Å². The number of methoxy groups -OCH3 is 1. The first-order valence-corrected chi connectivity index (χ1v) is 5.63. The lowest BCUT2D eigenvalue weighted by Crippen LogP contribution is -2.04.